The zero-order valence-electron chi connectivity index (χ0n) is 14.0. The summed E-state index contributed by atoms with van der Waals surface area (Å²) in [5, 5.41) is 8.01. The van der Waals surface area contributed by atoms with E-state index >= 15 is 0 Å². The number of carbonyl (C=O) groups is 1. The van der Waals surface area contributed by atoms with Crippen molar-refractivity contribution in [2.45, 2.75) is 19.4 Å². The molecule has 0 fully saturated rings. The predicted molar refractivity (Wildman–Crippen MR) is 92.8 cm³/mol. The second-order valence-electron chi connectivity index (χ2n) is 5.96. The number of aromatic nitrogens is 2. The van der Waals surface area contributed by atoms with Crippen molar-refractivity contribution in [3.63, 3.8) is 0 Å². The molecule has 0 saturated heterocycles. The maximum Gasteiger partial charge on any atom is 0.272 e. The number of aryl methyl sites for hydroxylation is 2. The van der Waals surface area contributed by atoms with Gasteiger partial charge >= 0.3 is 0 Å². The third-order valence-electron chi connectivity index (χ3n) is 3.79. The Labute approximate surface area is 142 Å². The van der Waals surface area contributed by atoms with Gasteiger partial charge in [-0.05, 0) is 57.7 Å². The van der Waals surface area contributed by atoms with Gasteiger partial charge in [0.05, 0.1) is 6.04 Å². The molecular formula is C17H23ClN4O. The van der Waals surface area contributed by atoms with Gasteiger partial charge < -0.3 is 10.2 Å². The Morgan fingerprint density at radius 2 is 2.00 bits per heavy atom. The van der Waals surface area contributed by atoms with Crippen LogP contribution in [-0.4, -0.2) is 41.2 Å². The number of hydrogen-bond acceptors (Lipinski definition) is 3. The van der Waals surface area contributed by atoms with Crippen molar-refractivity contribution in [1.82, 2.24) is 20.0 Å². The van der Waals surface area contributed by atoms with E-state index in [1.54, 1.807) is 10.7 Å². The number of halogens is 1. The highest BCUT2D eigenvalue weighted by Crippen LogP contribution is 2.20. The van der Waals surface area contributed by atoms with Crippen LogP contribution >= 0.6 is 11.6 Å². The topological polar surface area (TPSA) is 50.2 Å². The Balaban J connectivity index is 2.16. The zero-order chi connectivity index (χ0) is 17.0. The number of carbonyl (C=O) groups excluding carboxylic acids is 1. The van der Waals surface area contributed by atoms with E-state index in [-0.39, 0.29) is 11.9 Å². The summed E-state index contributed by atoms with van der Waals surface area (Å²) in [4.78, 5) is 14.6. The first kappa shape index (κ1) is 17.5. The van der Waals surface area contributed by atoms with Crippen LogP contribution in [0.3, 0.4) is 0 Å². The molecule has 0 aliphatic rings. The van der Waals surface area contributed by atoms with Crippen LogP contribution in [0.2, 0.25) is 5.02 Å². The molecule has 1 aromatic heterocycles. The summed E-state index contributed by atoms with van der Waals surface area (Å²) >= 11 is 5.96. The summed E-state index contributed by atoms with van der Waals surface area (Å²) < 4.78 is 1.70. The third-order valence-corrected chi connectivity index (χ3v) is 4.04. The Kier molecular flexibility index (Phi) is 5.80. The van der Waals surface area contributed by atoms with Crippen LogP contribution in [0.5, 0.6) is 0 Å². The van der Waals surface area contributed by atoms with Crippen LogP contribution in [-0.2, 0) is 7.05 Å². The maximum absolute atomic E-state index is 12.5. The van der Waals surface area contributed by atoms with Crippen molar-refractivity contribution in [3.05, 3.63) is 52.3 Å². The van der Waals surface area contributed by atoms with Gasteiger partial charge in [-0.3, -0.25) is 9.48 Å². The minimum atomic E-state index is -0.160. The highest BCUT2D eigenvalue weighted by molar-refractivity contribution is 6.30. The van der Waals surface area contributed by atoms with Crippen LogP contribution in [0.15, 0.2) is 30.3 Å². The lowest BCUT2D eigenvalue weighted by molar-refractivity contribution is 0.0927. The largest absolute Gasteiger partial charge is 0.344 e. The zero-order valence-corrected chi connectivity index (χ0v) is 14.8. The van der Waals surface area contributed by atoms with Gasteiger partial charge in [0, 0.05) is 17.8 Å². The van der Waals surface area contributed by atoms with Crippen molar-refractivity contribution in [2.75, 3.05) is 20.6 Å². The van der Waals surface area contributed by atoms with Gasteiger partial charge in [-0.15, -0.1) is 0 Å². The first-order valence-electron chi connectivity index (χ1n) is 7.58. The molecule has 5 nitrogen and oxygen atoms in total. The molecule has 124 valence electrons. The Morgan fingerprint density at radius 3 is 2.52 bits per heavy atom. The number of amides is 1. The summed E-state index contributed by atoms with van der Waals surface area (Å²) in [6.45, 7) is 2.79. The number of rotatable bonds is 6. The number of nitrogens with zero attached hydrogens (tertiary/aromatic N) is 3. The van der Waals surface area contributed by atoms with Crippen molar-refractivity contribution in [1.29, 1.82) is 0 Å². The number of nitrogens with one attached hydrogen (secondary N) is 1. The lowest BCUT2D eigenvalue weighted by Crippen LogP contribution is -2.31. The SMILES string of the molecule is Cc1cc(C(=O)NC(CCN(C)C)c2ccc(Cl)cc2)nn1C. The fourth-order valence-corrected chi connectivity index (χ4v) is 2.43. The molecule has 0 saturated carbocycles. The lowest BCUT2D eigenvalue weighted by Gasteiger charge is -2.21. The molecule has 0 spiro atoms. The van der Waals surface area contributed by atoms with Crippen molar-refractivity contribution in [2.24, 2.45) is 7.05 Å². The smallest absolute Gasteiger partial charge is 0.272 e. The molecule has 2 rings (SSSR count). The molecule has 2 aromatic rings. The average Bonchev–Trinajstić information content (AvgIpc) is 2.84. The molecule has 1 aromatic carbocycles. The van der Waals surface area contributed by atoms with E-state index in [2.05, 4.69) is 15.3 Å². The molecule has 1 heterocycles. The molecule has 1 N–H and O–H groups in total. The third kappa shape index (κ3) is 4.81. The van der Waals surface area contributed by atoms with Gasteiger partial charge in [-0.25, -0.2) is 0 Å². The highest BCUT2D eigenvalue weighted by Gasteiger charge is 2.18. The van der Waals surface area contributed by atoms with Gasteiger partial charge in [0.25, 0.3) is 5.91 Å². The Morgan fingerprint density at radius 1 is 1.35 bits per heavy atom. The Hall–Kier alpha value is -1.85. The predicted octanol–water partition coefficient (Wildman–Crippen LogP) is 2.80. The van der Waals surface area contributed by atoms with Crippen LogP contribution < -0.4 is 5.32 Å². The maximum atomic E-state index is 12.5. The first-order valence-corrected chi connectivity index (χ1v) is 7.96. The lowest BCUT2D eigenvalue weighted by atomic mass is 10.0. The second kappa shape index (κ2) is 7.62. The molecule has 0 bridgehead atoms. The van der Waals surface area contributed by atoms with E-state index in [0.29, 0.717) is 10.7 Å². The van der Waals surface area contributed by atoms with Crippen LogP contribution in [0.25, 0.3) is 0 Å². The van der Waals surface area contributed by atoms with E-state index < -0.39 is 0 Å². The van der Waals surface area contributed by atoms with Gasteiger partial charge in [0.15, 0.2) is 0 Å². The van der Waals surface area contributed by atoms with Crippen molar-refractivity contribution in [3.8, 4) is 0 Å². The molecule has 1 unspecified atom stereocenters. The summed E-state index contributed by atoms with van der Waals surface area (Å²) in [6, 6.07) is 9.30. The molecule has 1 amide bonds. The number of hydrogen-bond donors (Lipinski definition) is 1. The molecule has 6 heteroatoms. The standard InChI is InChI=1S/C17H23ClN4O/c1-12-11-16(20-22(12)4)17(23)19-15(9-10-21(2)3)13-5-7-14(18)8-6-13/h5-8,11,15H,9-10H2,1-4H3,(H,19,23). The van der Waals surface area contributed by atoms with E-state index in [1.807, 2.05) is 52.3 Å². The highest BCUT2D eigenvalue weighted by atomic mass is 35.5. The van der Waals surface area contributed by atoms with E-state index in [4.69, 9.17) is 11.6 Å². The summed E-state index contributed by atoms with van der Waals surface area (Å²) in [5.41, 5.74) is 2.43. The quantitative estimate of drug-likeness (QED) is 0.883. The number of benzene rings is 1. The van der Waals surface area contributed by atoms with Crippen LogP contribution in [0, 0.1) is 6.92 Å². The molecular weight excluding hydrogens is 312 g/mol. The van der Waals surface area contributed by atoms with Gasteiger partial charge in [-0.1, -0.05) is 23.7 Å². The van der Waals surface area contributed by atoms with Crippen molar-refractivity contribution >= 4 is 17.5 Å². The second-order valence-corrected chi connectivity index (χ2v) is 6.40. The minimum absolute atomic E-state index is 0.0792. The van der Waals surface area contributed by atoms with Crippen LogP contribution in [0.1, 0.15) is 34.2 Å². The van der Waals surface area contributed by atoms with Gasteiger partial charge in [0.2, 0.25) is 0 Å². The average molecular weight is 335 g/mol. The first-order chi connectivity index (χ1) is 10.9. The molecule has 23 heavy (non-hydrogen) atoms. The molecule has 1 atom stereocenters. The normalized spacial score (nSPS) is 12.4. The Bertz CT molecular complexity index is 644. The van der Waals surface area contributed by atoms with E-state index in [1.165, 1.54) is 0 Å². The summed E-state index contributed by atoms with van der Waals surface area (Å²) in [7, 11) is 5.86. The molecule has 0 aliphatic carbocycles. The van der Waals surface area contributed by atoms with Crippen molar-refractivity contribution < 1.29 is 4.79 Å². The summed E-state index contributed by atoms with van der Waals surface area (Å²) in [5.74, 6) is -0.160. The monoisotopic (exact) mass is 334 g/mol. The fourth-order valence-electron chi connectivity index (χ4n) is 2.31. The molecule has 0 aliphatic heterocycles. The fraction of sp³-hybridized carbons (Fsp3) is 0.412. The van der Waals surface area contributed by atoms with Gasteiger partial charge in [-0.2, -0.15) is 5.10 Å². The summed E-state index contributed by atoms with van der Waals surface area (Å²) in [6.07, 6.45) is 0.812. The van der Waals surface area contributed by atoms with Crippen LogP contribution in [0.4, 0.5) is 0 Å². The minimum Gasteiger partial charge on any atom is -0.344 e. The van der Waals surface area contributed by atoms with E-state index in [0.717, 1.165) is 24.2 Å². The van der Waals surface area contributed by atoms with E-state index in [9.17, 15) is 4.79 Å². The van der Waals surface area contributed by atoms with Gasteiger partial charge in [0.1, 0.15) is 5.69 Å². The molecule has 0 radical (unpaired) electrons.